The molecule has 0 atom stereocenters. The Kier molecular flexibility index (Phi) is 5.03. The van der Waals surface area contributed by atoms with Crippen LogP contribution < -0.4 is 15.8 Å². The normalized spacial score (nSPS) is 11.1. The molecule has 2 rings (SSSR count). The van der Waals surface area contributed by atoms with Crippen molar-refractivity contribution >= 4 is 38.7 Å². The zero-order chi connectivity index (χ0) is 17.2. The van der Waals surface area contributed by atoms with Gasteiger partial charge in [-0.1, -0.05) is 18.2 Å². The van der Waals surface area contributed by atoms with Crippen molar-refractivity contribution in [1.82, 2.24) is 0 Å². The molecule has 5 nitrogen and oxygen atoms in total. The molecule has 122 valence electrons. The summed E-state index contributed by atoms with van der Waals surface area (Å²) in [5.41, 5.74) is 4.31. The number of thiocarbonyl (C=S) groups is 1. The van der Waals surface area contributed by atoms with Gasteiger partial charge in [0.15, 0.2) is 5.11 Å². The highest BCUT2D eigenvalue weighted by Crippen LogP contribution is 2.21. The quantitative estimate of drug-likeness (QED) is 0.742. The van der Waals surface area contributed by atoms with E-state index in [1.807, 2.05) is 32.0 Å². The van der Waals surface area contributed by atoms with Gasteiger partial charge in [0.25, 0.3) is 0 Å². The van der Waals surface area contributed by atoms with Gasteiger partial charge in [0.2, 0.25) is 10.0 Å². The van der Waals surface area contributed by atoms with E-state index >= 15 is 0 Å². The molecular weight excluding hydrogens is 330 g/mol. The fourth-order valence-electron chi connectivity index (χ4n) is 2.16. The standard InChI is InChI=1S/C16H19N3O2S2/c1-10-5-4-6-14(12(10)3)19-16(22)18-13-8-7-11(2)15(9-13)23(17,20)21/h4-9H,1-3H3,(H2,17,20,21)(H2,18,19,22). The average molecular weight is 349 g/mol. The Hall–Kier alpha value is -1.96. The Morgan fingerprint density at radius 2 is 1.74 bits per heavy atom. The van der Waals surface area contributed by atoms with Crippen molar-refractivity contribution in [2.75, 3.05) is 10.6 Å². The second kappa shape index (κ2) is 6.66. The molecule has 2 aromatic carbocycles. The van der Waals surface area contributed by atoms with Crippen LogP contribution in [0.1, 0.15) is 16.7 Å². The van der Waals surface area contributed by atoms with Gasteiger partial charge in [-0.2, -0.15) is 0 Å². The van der Waals surface area contributed by atoms with Gasteiger partial charge >= 0.3 is 0 Å². The fourth-order valence-corrected chi connectivity index (χ4v) is 3.19. The Balaban J connectivity index is 2.19. The van der Waals surface area contributed by atoms with Crippen LogP contribution in [0.2, 0.25) is 0 Å². The smallest absolute Gasteiger partial charge is 0.238 e. The van der Waals surface area contributed by atoms with Crippen molar-refractivity contribution in [3.63, 3.8) is 0 Å². The Bertz CT molecular complexity index is 862. The lowest BCUT2D eigenvalue weighted by Crippen LogP contribution is -2.20. The maximum absolute atomic E-state index is 11.6. The first kappa shape index (κ1) is 17.4. The number of sulfonamides is 1. The largest absolute Gasteiger partial charge is 0.332 e. The van der Waals surface area contributed by atoms with Crippen LogP contribution in [0.3, 0.4) is 0 Å². The molecule has 0 aliphatic heterocycles. The van der Waals surface area contributed by atoms with Crippen LogP contribution in [-0.4, -0.2) is 13.5 Å². The third-order valence-electron chi connectivity index (χ3n) is 3.61. The summed E-state index contributed by atoms with van der Waals surface area (Å²) in [7, 11) is -3.77. The molecule has 7 heteroatoms. The molecule has 0 aliphatic rings. The van der Waals surface area contributed by atoms with E-state index in [0.717, 1.165) is 16.8 Å². The lowest BCUT2D eigenvalue weighted by Gasteiger charge is -2.14. The lowest BCUT2D eigenvalue weighted by molar-refractivity contribution is 0.597. The Morgan fingerprint density at radius 3 is 2.39 bits per heavy atom. The van der Waals surface area contributed by atoms with Gasteiger partial charge in [-0.25, -0.2) is 13.6 Å². The second-order valence-electron chi connectivity index (χ2n) is 5.35. The molecule has 2 aromatic rings. The molecule has 0 heterocycles. The van der Waals surface area contributed by atoms with Gasteiger partial charge in [-0.15, -0.1) is 0 Å². The van der Waals surface area contributed by atoms with E-state index < -0.39 is 10.0 Å². The van der Waals surface area contributed by atoms with E-state index in [4.69, 9.17) is 17.4 Å². The molecule has 0 bridgehead atoms. The molecule has 0 radical (unpaired) electrons. The Morgan fingerprint density at radius 1 is 1.04 bits per heavy atom. The van der Waals surface area contributed by atoms with E-state index in [1.165, 1.54) is 6.07 Å². The fraction of sp³-hybridized carbons (Fsp3) is 0.188. The average Bonchev–Trinajstić information content (AvgIpc) is 2.45. The van der Waals surface area contributed by atoms with Crippen molar-refractivity contribution < 1.29 is 8.42 Å². The first-order chi connectivity index (χ1) is 10.7. The molecule has 0 unspecified atom stereocenters. The van der Waals surface area contributed by atoms with E-state index in [-0.39, 0.29) is 4.90 Å². The summed E-state index contributed by atoms with van der Waals surface area (Å²) in [6.45, 7) is 5.72. The van der Waals surface area contributed by atoms with E-state index in [9.17, 15) is 8.42 Å². The van der Waals surface area contributed by atoms with Crippen LogP contribution in [0.15, 0.2) is 41.3 Å². The number of nitrogens with two attached hydrogens (primary N) is 1. The van der Waals surface area contributed by atoms with Crippen molar-refractivity contribution in [2.24, 2.45) is 5.14 Å². The topological polar surface area (TPSA) is 84.2 Å². The first-order valence-electron chi connectivity index (χ1n) is 6.96. The van der Waals surface area contributed by atoms with E-state index in [1.54, 1.807) is 19.1 Å². The summed E-state index contributed by atoms with van der Waals surface area (Å²) in [6, 6.07) is 10.8. The van der Waals surface area contributed by atoms with Gasteiger partial charge in [-0.3, -0.25) is 0 Å². The number of hydrogen-bond acceptors (Lipinski definition) is 3. The molecule has 0 saturated heterocycles. The molecule has 0 saturated carbocycles. The van der Waals surface area contributed by atoms with Crippen LogP contribution in [0, 0.1) is 20.8 Å². The molecule has 0 fully saturated rings. The number of aryl methyl sites for hydroxylation is 2. The molecule has 0 aliphatic carbocycles. The highest BCUT2D eigenvalue weighted by Gasteiger charge is 2.12. The van der Waals surface area contributed by atoms with Crippen LogP contribution in [0.4, 0.5) is 11.4 Å². The highest BCUT2D eigenvalue weighted by atomic mass is 32.2. The summed E-state index contributed by atoms with van der Waals surface area (Å²) < 4.78 is 23.1. The predicted octanol–water partition coefficient (Wildman–Crippen LogP) is 3.07. The maximum Gasteiger partial charge on any atom is 0.238 e. The SMILES string of the molecule is Cc1ccc(NC(=S)Nc2cccc(C)c2C)cc1S(N)(=O)=O. The van der Waals surface area contributed by atoms with Crippen molar-refractivity contribution in [3.05, 3.63) is 53.1 Å². The van der Waals surface area contributed by atoms with Crippen molar-refractivity contribution in [2.45, 2.75) is 25.7 Å². The zero-order valence-corrected chi connectivity index (χ0v) is 14.8. The monoisotopic (exact) mass is 349 g/mol. The maximum atomic E-state index is 11.6. The Labute approximate surface area is 142 Å². The number of anilines is 2. The van der Waals surface area contributed by atoms with Crippen LogP contribution >= 0.6 is 12.2 Å². The summed E-state index contributed by atoms with van der Waals surface area (Å²) in [4.78, 5) is 0.0806. The number of nitrogens with one attached hydrogen (secondary N) is 2. The van der Waals surface area contributed by atoms with Gasteiger partial charge in [0.05, 0.1) is 4.90 Å². The number of primary sulfonamides is 1. The van der Waals surface area contributed by atoms with Crippen LogP contribution in [0.25, 0.3) is 0 Å². The molecule has 23 heavy (non-hydrogen) atoms. The molecule has 0 aromatic heterocycles. The molecular formula is C16H19N3O2S2. The third-order valence-corrected chi connectivity index (χ3v) is 4.86. The van der Waals surface area contributed by atoms with Crippen LogP contribution in [-0.2, 0) is 10.0 Å². The minimum Gasteiger partial charge on any atom is -0.332 e. The second-order valence-corrected chi connectivity index (χ2v) is 7.29. The van der Waals surface area contributed by atoms with Crippen LogP contribution in [0.5, 0.6) is 0 Å². The summed E-state index contributed by atoms with van der Waals surface area (Å²) in [5.74, 6) is 0. The van der Waals surface area contributed by atoms with Gasteiger partial charge in [0, 0.05) is 11.4 Å². The van der Waals surface area contributed by atoms with Gasteiger partial charge < -0.3 is 10.6 Å². The highest BCUT2D eigenvalue weighted by molar-refractivity contribution is 7.89. The van der Waals surface area contributed by atoms with Crippen molar-refractivity contribution in [3.8, 4) is 0 Å². The number of benzene rings is 2. The number of rotatable bonds is 3. The van der Waals surface area contributed by atoms with E-state index in [0.29, 0.717) is 16.4 Å². The minimum atomic E-state index is -3.77. The number of hydrogen-bond donors (Lipinski definition) is 3. The zero-order valence-electron chi connectivity index (χ0n) is 13.2. The molecule has 0 amide bonds. The predicted molar refractivity (Wildman–Crippen MR) is 98.3 cm³/mol. The summed E-state index contributed by atoms with van der Waals surface area (Å²) >= 11 is 5.29. The lowest BCUT2D eigenvalue weighted by atomic mass is 10.1. The van der Waals surface area contributed by atoms with Crippen molar-refractivity contribution in [1.29, 1.82) is 0 Å². The minimum absolute atomic E-state index is 0.0806. The molecule has 0 spiro atoms. The van der Waals surface area contributed by atoms with Gasteiger partial charge in [0.1, 0.15) is 0 Å². The van der Waals surface area contributed by atoms with E-state index in [2.05, 4.69) is 10.6 Å². The van der Waals surface area contributed by atoms with Gasteiger partial charge in [-0.05, 0) is 67.9 Å². The summed E-state index contributed by atoms with van der Waals surface area (Å²) in [5, 5.41) is 11.7. The molecule has 4 N–H and O–H groups in total. The third kappa shape index (κ3) is 4.28. The first-order valence-corrected chi connectivity index (χ1v) is 8.91. The summed E-state index contributed by atoms with van der Waals surface area (Å²) in [6.07, 6.45) is 0.